The average Bonchev–Trinajstić information content (AvgIpc) is 3.10. The molecule has 0 saturated carbocycles. The summed E-state index contributed by atoms with van der Waals surface area (Å²) in [5, 5.41) is 12.6. The van der Waals surface area contributed by atoms with E-state index in [0.29, 0.717) is 28.5 Å². The van der Waals surface area contributed by atoms with Gasteiger partial charge in [-0.3, -0.25) is 4.72 Å². The highest BCUT2D eigenvalue weighted by atomic mass is 32.2. The predicted octanol–water partition coefficient (Wildman–Crippen LogP) is 3.53. The van der Waals surface area contributed by atoms with Crippen molar-refractivity contribution in [1.29, 1.82) is 0 Å². The Balaban J connectivity index is 1.61. The number of hydrogen-bond donors (Lipinski definition) is 1. The highest BCUT2D eigenvalue weighted by Gasteiger charge is 2.19. The van der Waals surface area contributed by atoms with Crippen LogP contribution in [-0.2, 0) is 10.0 Å². The van der Waals surface area contributed by atoms with Gasteiger partial charge in [-0.2, -0.15) is 9.61 Å². The number of nitrogens with one attached hydrogen (secondary N) is 1. The Hall–Kier alpha value is -3.46. The second-order valence-electron chi connectivity index (χ2n) is 7.01. The SMILES string of the molecule is COc1cc(C)c(S(=O)(=O)Nc2ccc(-c3ccc4nnc(C)n4n3)cc2)cc1C. The lowest BCUT2D eigenvalue weighted by Gasteiger charge is -2.13. The molecule has 0 bridgehead atoms. The maximum Gasteiger partial charge on any atom is 0.262 e. The molecule has 0 aliphatic heterocycles. The first kappa shape index (κ1) is 19.8. The lowest BCUT2D eigenvalue weighted by molar-refractivity contribution is 0.411. The molecule has 4 aromatic rings. The van der Waals surface area contributed by atoms with Crippen LogP contribution >= 0.6 is 0 Å². The number of sulfonamides is 1. The standard InChI is InChI=1S/C21H21N5O3S/c1-13-12-20(14(2)11-19(13)29-4)30(27,28)25-17-7-5-16(6-8-17)18-9-10-21-23-22-15(3)26(21)24-18/h5-12,25H,1-4H3. The minimum absolute atomic E-state index is 0.222. The van der Waals surface area contributed by atoms with Crippen molar-refractivity contribution in [3.8, 4) is 17.0 Å². The molecule has 1 N–H and O–H groups in total. The van der Waals surface area contributed by atoms with Crippen LogP contribution < -0.4 is 9.46 Å². The smallest absolute Gasteiger partial charge is 0.262 e. The Labute approximate surface area is 174 Å². The van der Waals surface area contributed by atoms with Gasteiger partial charge >= 0.3 is 0 Å². The van der Waals surface area contributed by atoms with Gasteiger partial charge in [-0.05, 0) is 68.3 Å². The number of anilines is 1. The summed E-state index contributed by atoms with van der Waals surface area (Å²) >= 11 is 0. The normalized spacial score (nSPS) is 11.6. The van der Waals surface area contributed by atoms with E-state index < -0.39 is 10.0 Å². The van der Waals surface area contributed by atoms with Crippen LogP contribution in [0.5, 0.6) is 5.75 Å². The maximum absolute atomic E-state index is 12.9. The number of benzene rings is 2. The minimum Gasteiger partial charge on any atom is -0.496 e. The van der Waals surface area contributed by atoms with E-state index in [4.69, 9.17) is 4.74 Å². The first-order valence-electron chi connectivity index (χ1n) is 9.26. The van der Waals surface area contributed by atoms with E-state index in [1.165, 1.54) is 0 Å². The maximum atomic E-state index is 12.9. The van der Waals surface area contributed by atoms with E-state index >= 15 is 0 Å². The van der Waals surface area contributed by atoms with Gasteiger partial charge in [-0.1, -0.05) is 12.1 Å². The van der Waals surface area contributed by atoms with Crippen molar-refractivity contribution in [2.24, 2.45) is 0 Å². The zero-order valence-corrected chi connectivity index (χ0v) is 17.9. The molecule has 0 radical (unpaired) electrons. The van der Waals surface area contributed by atoms with Crippen LogP contribution in [-0.4, -0.2) is 35.3 Å². The van der Waals surface area contributed by atoms with Gasteiger partial charge in [-0.15, -0.1) is 10.2 Å². The summed E-state index contributed by atoms with van der Waals surface area (Å²) in [6.07, 6.45) is 0. The number of nitrogens with zero attached hydrogens (tertiary/aromatic N) is 4. The molecule has 8 nitrogen and oxygen atoms in total. The molecule has 0 aliphatic rings. The van der Waals surface area contributed by atoms with Gasteiger partial charge in [-0.25, -0.2) is 8.42 Å². The molecule has 2 aromatic carbocycles. The molecule has 2 aromatic heterocycles. The van der Waals surface area contributed by atoms with Crippen molar-refractivity contribution >= 4 is 21.4 Å². The lowest BCUT2D eigenvalue weighted by Crippen LogP contribution is -2.14. The highest BCUT2D eigenvalue weighted by molar-refractivity contribution is 7.92. The summed E-state index contributed by atoms with van der Waals surface area (Å²) in [6, 6.07) is 14.1. The van der Waals surface area contributed by atoms with E-state index in [2.05, 4.69) is 20.0 Å². The Kier molecular flexibility index (Phi) is 4.90. The zero-order chi connectivity index (χ0) is 21.5. The van der Waals surface area contributed by atoms with Crippen molar-refractivity contribution in [1.82, 2.24) is 19.8 Å². The molecule has 0 amide bonds. The Bertz CT molecular complexity index is 1350. The number of methoxy groups -OCH3 is 1. The number of aryl methyl sites for hydroxylation is 3. The molecule has 2 heterocycles. The van der Waals surface area contributed by atoms with Gasteiger partial charge in [0.1, 0.15) is 5.75 Å². The fraction of sp³-hybridized carbons (Fsp3) is 0.190. The van der Waals surface area contributed by atoms with E-state index in [1.807, 2.05) is 38.1 Å². The summed E-state index contributed by atoms with van der Waals surface area (Å²) in [5.74, 6) is 1.35. The van der Waals surface area contributed by atoms with Crippen molar-refractivity contribution < 1.29 is 13.2 Å². The van der Waals surface area contributed by atoms with E-state index in [1.54, 1.807) is 42.8 Å². The van der Waals surface area contributed by atoms with Crippen molar-refractivity contribution in [3.05, 3.63) is 65.5 Å². The van der Waals surface area contributed by atoms with E-state index in [9.17, 15) is 8.42 Å². The second kappa shape index (κ2) is 7.42. The van der Waals surface area contributed by atoms with Crippen LogP contribution in [0.15, 0.2) is 53.4 Å². The van der Waals surface area contributed by atoms with Crippen LogP contribution in [0.25, 0.3) is 16.9 Å². The number of fused-ring (bicyclic) bond motifs is 1. The molecule has 4 rings (SSSR count). The third-order valence-electron chi connectivity index (χ3n) is 4.83. The van der Waals surface area contributed by atoms with Crippen LogP contribution in [0.2, 0.25) is 0 Å². The predicted molar refractivity (Wildman–Crippen MR) is 114 cm³/mol. The topological polar surface area (TPSA) is 98.5 Å². The molecular formula is C21H21N5O3S. The summed E-state index contributed by atoms with van der Waals surface area (Å²) in [6.45, 7) is 5.39. The number of hydrogen-bond acceptors (Lipinski definition) is 6. The molecule has 0 fully saturated rings. The number of ether oxygens (including phenoxy) is 1. The Morgan fingerprint density at radius 3 is 2.37 bits per heavy atom. The molecular weight excluding hydrogens is 402 g/mol. The Morgan fingerprint density at radius 2 is 1.67 bits per heavy atom. The average molecular weight is 423 g/mol. The Morgan fingerprint density at radius 1 is 0.933 bits per heavy atom. The van der Waals surface area contributed by atoms with Gasteiger partial charge in [0.25, 0.3) is 10.0 Å². The van der Waals surface area contributed by atoms with E-state index in [-0.39, 0.29) is 4.90 Å². The summed E-state index contributed by atoms with van der Waals surface area (Å²) in [4.78, 5) is 0.222. The van der Waals surface area contributed by atoms with Crippen LogP contribution in [0.4, 0.5) is 5.69 Å². The molecule has 0 atom stereocenters. The summed E-state index contributed by atoms with van der Waals surface area (Å²) in [7, 11) is -2.18. The largest absolute Gasteiger partial charge is 0.496 e. The van der Waals surface area contributed by atoms with Gasteiger partial charge in [0.15, 0.2) is 11.5 Å². The quantitative estimate of drug-likeness (QED) is 0.527. The van der Waals surface area contributed by atoms with Crippen molar-refractivity contribution in [2.45, 2.75) is 25.7 Å². The molecule has 0 unspecified atom stereocenters. The zero-order valence-electron chi connectivity index (χ0n) is 17.0. The minimum atomic E-state index is -3.74. The third kappa shape index (κ3) is 3.59. The van der Waals surface area contributed by atoms with Crippen LogP contribution in [0.3, 0.4) is 0 Å². The van der Waals surface area contributed by atoms with Gasteiger partial charge in [0, 0.05) is 11.3 Å². The molecule has 154 valence electrons. The summed E-state index contributed by atoms with van der Waals surface area (Å²) < 4.78 is 35.4. The van der Waals surface area contributed by atoms with Crippen LogP contribution in [0, 0.1) is 20.8 Å². The highest BCUT2D eigenvalue weighted by Crippen LogP contribution is 2.28. The first-order chi connectivity index (χ1) is 14.3. The fourth-order valence-corrected chi connectivity index (χ4v) is 4.61. The summed E-state index contributed by atoms with van der Waals surface area (Å²) in [5.41, 5.74) is 4.10. The van der Waals surface area contributed by atoms with Gasteiger partial charge in [0.05, 0.1) is 17.7 Å². The first-order valence-corrected chi connectivity index (χ1v) is 10.7. The molecule has 0 saturated heterocycles. The lowest BCUT2D eigenvalue weighted by atomic mass is 10.1. The number of rotatable bonds is 5. The molecule has 0 spiro atoms. The van der Waals surface area contributed by atoms with Crippen LogP contribution in [0.1, 0.15) is 17.0 Å². The third-order valence-corrected chi connectivity index (χ3v) is 6.36. The molecule has 30 heavy (non-hydrogen) atoms. The van der Waals surface area contributed by atoms with Crippen molar-refractivity contribution in [3.63, 3.8) is 0 Å². The van der Waals surface area contributed by atoms with Gasteiger partial charge in [0.2, 0.25) is 0 Å². The molecule has 0 aliphatic carbocycles. The van der Waals surface area contributed by atoms with E-state index in [0.717, 1.165) is 16.8 Å². The van der Waals surface area contributed by atoms with Gasteiger partial charge < -0.3 is 4.74 Å². The van der Waals surface area contributed by atoms with Crippen molar-refractivity contribution in [2.75, 3.05) is 11.8 Å². The molecule has 9 heteroatoms. The number of aromatic nitrogens is 4. The monoisotopic (exact) mass is 423 g/mol. The second-order valence-corrected chi connectivity index (χ2v) is 8.66. The fourth-order valence-electron chi connectivity index (χ4n) is 3.24.